The van der Waals surface area contributed by atoms with Crippen LogP contribution in [0.3, 0.4) is 0 Å². The summed E-state index contributed by atoms with van der Waals surface area (Å²) < 4.78 is 11.4. The van der Waals surface area contributed by atoms with Crippen LogP contribution in [-0.2, 0) is 14.3 Å². The maximum atomic E-state index is 12.6. The first kappa shape index (κ1) is 16.8. The monoisotopic (exact) mass is 307 g/mol. The molecule has 1 heterocycles. The third-order valence-corrected chi connectivity index (χ3v) is 3.31. The number of hydroxylamine groups is 2. The predicted molar refractivity (Wildman–Crippen MR) is 83.2 cm³/mol. The van der Waals surface area contributed by atoms with Crippen molar-refractivity contribution in [2.45, 2.75) is 51.9 Å². The number of rotatable bonds is 5. The van der Waals surface area contributed by atoms with E-state index in [1.807, 2.05) is 51.1 Å². The van der Waals surface area contributed by atoms with Gasteiger partial charge < -0.3 is 14.3 Å². The number of hydrogen-bond donors (Lipinski definition) is 0. The Morgan fingerprint density at radius 2 is 1.95 bits per heavy atom. The standard InChI is InChI=1S/C17H25NO4/c1-5-20-15(19)17(22-16(2,3)4)12-9-13-18(17)21-14-10-7-6-8-11-14/h6-8,10-11H,5,9,12-13H2,1-4H3/t17-/m1/s1. The minimum absolute atomic E-state index is 0.313. The summed E-state index contributed by atoms with van der Waals surface area (Å²) in [5.41, 5.74) is -1.68. The van der Waals surface area contributed by atoms with Crippen LogP contribution in [-0.4, -0.2) is 35.5 Å². The zero-order valence-corrected chi connectivity index (χ0v) is 13.8. The van der Waals surface area contributed by atoms with Gasteiger partial charge in [-0.25, -0.2) is 4.79 Å². The van der Waals surface area contributed by atoms with E-state index in [1.165, 1.54) is 0 Å². The van der Waals surface area contributed by atoms with E-state index < -0.39 is 17.3 Å². The van der Waals surface area contributed by atoms with Crippen molar-refractivity contribution in [1.29, 1.82) is 0 Å². The molecule has 0 bridgehead atoms. The Balaban J connectivity index is 2.27. The van der Waals surface area contributed by atoms with Crippen molar-refractivity contribution in [3.8, 4) is 5.75 Å². The summed E-state index contributed by atoms with van der Waals surface area (Å²) in [5, 5.41) is 1.62. The van der Waals surface area contributed by atoms with Gasteiger partial charge in [0.1, 0.15) is 5.75 Å². The molecule has 5 nitrogen and oxygen atoms in total. The summed E-state index contributed by atoms with van der Waals surface area (Å²) in [4.78, 5) is 18.5. The summed E-state index contributed by atoms with van der Waals surface area (Å²) in [7, 11) is 0. The molecule has 1 fully saturated rings. The molecule has 5 heteroatoms. The topological polar surface area (TPSA) is 48.0 Å². The highest BCUT2D eigenvalue weighted by Crippen LogP contribution is 2.36. The second-order valence-electron chi connectivity index (χ2n) is 6.33. The first-order valence-corrected chi connectivity index (χ1v) is 7.75. The molecule has 0 aliphatic carbocycles. The maximum absolute atomic E-state index is 12.6. The molecule has 1 atom stereocenters. The van der Waals surface area contributed by atoms with E-state index >= 15 is 0 Å². The van der Waals surface area contributed by atoms with E-state index in [-0.39, 0.29) is 0 Å². The van der Waals surface area contributed by atoms with Crippen LogP contribution in [0.1, 0.15) is 40.5 Å². The molecule has 122 valence electrons. The molecule has 22 heavy (non-hydrogen) atoms. The summed E-state index contributed by atoms with van der Waals surface area (Å²) in [6.07, 6.45) is 1.36. The normalized spacial score (nSPS) is 22.5. The van der Waals surface area contributed by atoms with Crippen LogP contribution in [0.25, 0.3) is 0 Å². The molecule has 0 amide bonds. The van der Waals surface area contributed by atoms with Crippen molar-refractivity contribution in [3.63, 3.8) is 0 Å². The van der Waals surface area contributed by atoms with Gasteiger partial charge in [-0.05, 0) is 46.2 Å². The minimum Gasteiger partial charge on any atom is -0.463 e. The van der Waals surface area contributed by atoms with Crippen LogP contribution in [0.5, 0.6) is 5.75 Å². The van der Waals surface area contributed by atoms with Crippen molar-refractivity contribution in [2.24, 2.45) is 0 Å². The number of ether oxygens (including phenoxy) is 2. The molecule has 1 aliphatic rings. The quantitative estimate of drug-likeness (QED) is 0.782. The van der Waals surface area contributed by atoms with Crippen molar-refractivity contribution in [2.75, 3.05) is 13.2 Å². The Morgan fingerprint density at radius 1 is 1.27 bits per heavy atom. The van der Waals surface area contributed by atoms with Gasteiger partial charge in [-0.15, -0.1) is 5.06 Å². The highest BCUT2D eigenvalue weighted by atomic mass is 16.7. The number of nitrogens with zero attached hydrogens (tertiary/aromatic N) is 1. The minimum atomic E-state index is -1.19. The Morgan fingerprint density at radius 3 is 2.55 bits per heavy atom. The van der Waals surface area contributed by atoms with E-state index in [1.54, 1.807) is 12.0 Å². The fourth-order valence-corrected chi connectivity index (χ4v) is 2.59. The molecule has 2 rings (SSSR count). The molecule has 0 unspecified atom stereocenters. The molecular formula is C17H25NO4. The van der Waals surface area contributed by atoms with Gasteiger partial charge in [0.25, 0.3) is 5.72 Å². The van der Waals surface area contributed by atoms with E-state index in [0.717, 1.165) is 6.42 Å². The molecule has 0 spiro atoms. The Kier molecular flexibility index (Phi) is 5.08. The second kappa shape index (κ2) is 6.67. The van der Waals surface area contributed by atoms with Crippen molar-refractivity contribution < 1.29 is 19.1 Å². The molecule has 0 radical (unpaired) electrons. The number of esters is 1. The van der Waals surface area contributed by atoms with Crippen molar-refractivity contribution in [1.82, 2.24) is 5.06 Å². The van der Waals surface area contributed by atoms with Gasteiger partial charge in [0, 0.05) is 13.0 Å². The lowest BCUT2D eigenvalue weighted by atomic mass is 10.1. The van der Waals surface area contributed by atoms with Gasteiger partial charge in [0.15, 0.2) is 0 Å². The summed E-state index contributed by atoms with van der Waals surface area (Å²) >= 11 is 0. The predicted octanol–water partition coefficient (Wildman–Crippen LogP) is 3.15. The lowest BCUT2D eigenvalue weighted by molar-refractivity contribution is -0.276. The molecule has 0 saturated carbocycles. The lowest BCUT2D eigenvalue weighted by Gasteiger charge is -2.39. The van der Waals surface area contributed by atoms with Gasteiger partial charge >= 0.3 is 5.97 Å². The van der Waals surface area contributed by atoms with Gasteiger partial charge in [-0.3, -0.25) is 0 Å². The Bertz CT molecular complexity index is 497. The van der Waals surface area contributed by atoms with Crippen LogP contribution in [0.2, 0.25) is 0 Å². The fraction of sp³-hybridized carbons (Fsp3) is 0.588. The van der Waals surface area contributed by atoms with Crippen molar-refractivity contribution >= 4 is 5.97 Å². The maximum Gasteiger partial charge on any atom is 0.357 e. The third kappa shape index (κ3) is 3.78. The molecule has 1 aromatic rings. The molecule has 1 aromatic carbocycles. The zero-order valence-electron chi connectivity index (χ0n) is 13.8. The average Bonchev–Trinajstić information content (AvgIpc) is 2.82. The largest absolute Gasteiger partial charge is 0.463 e. The number of hydrogen-bond acceptors (Lipinski definition) is 5. The number of benzene rings is 1. The molecule has 0 N–H and O–H groups in total. The average molecular weight is 307 g/mol. The first-order chi connectivity index (χ1) is 10.4. The zero-order chi connectivity index (χ0) is 16.2. The lowest BCUT2D eigenvalue weighted by Crippen LogP contribution is -2.57. The Labute approximate surface area is 132 Å². The molecule has 1 saturated heterocycles. The Hall–Kier alpha value is -1.59. The van der Waals surface area contributed by atoms with Crippen LogP contribution < -0.4 is 4.84 Å². The summed E-state index contributed by atoms with van der Waals surface area (Å²) in [5.74, 6) is 0.286. The smallest absolute Gasteiger partial charge is 0.357 e. The van der Waals surface area contributed by atoms with E-state index in [9.17, 15) is 4.79 Å². The fourth-order valence-electron chi connectivity index (χ4n) is 2.59. The van der Waals surface area contributed by atoms with Gasteiger partial charge in [-0.2, -0.15) is 0 Å². The molecule has 0 aromatic heterocycles. The number of para-hydroxylation sites is 1. The third-order valence-electron chi connectivity index (χ3n) is 3.31. The first-order valence-electron chi connectivity index (χ1n) is 7.75. The second-order valence-corrected chi connectivity index (χ2v) is 6.33. The van der Waals surface area contributed by atoms with Crippen LogP contribution in [0, 0.1) is 0 Å². The van der Waals surface area contributed by atoms with Crippen LogP contribution in [0.15, 0.2) is 30.3 Å². The highest BCUT2D eigenvalue weighted by molar-refractivity contribution is 5.79. The highest BCUT2D eigenvalue weighted by Gasteiger charge is 2.54. The van der Waals surface area contributed by atoms with E-state index in [2.05, 4.69) is 0 Å². The van der Waals surface area contributed by atoms with Gasteiger partial charge in [0.05, 0.1) is 12.2 Å². The summed E-state index contributed by atoms with van der Waals surface area (Å²) in [6.45, 7) is 8.49. The van der Waals surface area contributed by atoms with Crippen LogP contribution in [0.4, 0.5) is 0 Å². The SMILES string of the molecule is CCOC(=O)[C@]1(OC(C)(C)C)CCCN1Oc1ccccc1. The van der Waals surface area contributed by atoms with Crippen LogP contribution >= 0.6 is 0 Å². The molecular weight excluding hydrogens is 282 g/mol. The van der Waals surface area contributed by atoms with E-state index in [0.29, 0.717) is 25.3 Å². The molecule has 1 aliphatic heterocycles. The van der Waals surface area contributed by atoms with Gasteiger partial charge in [0.2, 0.25) is 0 Å². The van der Waals surface area contributed by atoms with Gasteiger partial charge in [-0.1, -0.05) is 18.2 Å². The number of carbonyl (C=O) groups excluding carboxylic acids is 1. The summed E-state index contributed by atoms with van der Waals surface area (Å²) in [6, 6.07) is 9.40. The van der Waals surface area contributed by atoms with E-state index in [4.69, 9.17) is 14.3 Å². The van der Waals surface area contributed by atoms with Crippen molar-refractivity contribution in [3.05, 3.63) is 30.3 Å². The number of carbonyl (C=O) groups is 1.